The van der Waals surface area contributed by atoms with Crippen LogP contribution in [0.15, 0.2) is 53.6 Å². The summed E-state index contributed by atoms with van der Waals surface area (Å²) >= 11 is 6.41. The van der Waals surface area contributed by atoms with Gasteiger partial charge in [0.25, 0.3) is 11.5 Å². The van der Waals surface area contributed by atoms with E-state index >= 15 is 0 Å². The summed E-state index contributed by atoms with van der Waals surface area (Å²) in [6.45, 7) is 5.74. The molecule has 3 N–H and O–H groups in total. The summed E-state index contributed by atoms with van der Waals surface area (Å²) < 4.78 is 1.35. The first kappa shape index (κ1) is 23.4. The van der Waals surface area contributed by atoms with Crippen LogP contribution in [-0.2, 0) is 10.5 Å². The number of halogens is 1. The lowest BCUT2D eigenvalue weighted by Crippen LogP contribution is -2.45. The molecular formula is C24H25ClN6O3. The Morgan fingerprint density at radius 3 is 2.47 bits per heavy atom. The number of amides is 2. The molecule has 1 aromatic carbocycles. The summed E-state index contributed by atoms with van der Waals surface area (Å²) in [4.78, 5) is 46.3. The van der Waals surface area contributed by atoms with Gasteiger partial charge >= 0.3 is 0 Å². The Kier molecular flexibility index (Phi) is 6.39. The highest BCUT2D eigenvalue weighted by atomic mass is 35.5. The van der Waals surface area contributed by atoms with Crippen LogP contribution in [0.25, 0.3) is 0 Å². The second kappa shape index (κ2) is 9.26. The molecule has 1 atom stereocenters. The predicted molar refractivity (Wildman–Crippen MR) is 130 cm³/mol. The maximum absolute atomic E-state index is 13.4. The van der Waals surface area contributed by atoms with Crippen molar-refractivity contribution in [3.05, 3.63) is 75.4 Å². The number of rotatable bonds is 5. The molecule has 2 aliphatic rings. The maximum atomic E-state index is 13.4. The van der Waals surface area contributed by atoms with Gasteiger partial charge in [0, 0.05) is 12.0 Å². The minimum atomic E-state index is -1.11. The normalized spacial score (nSPS) is 18.3. The molecule has 0 radical (unpaired) electrons. The van der Waals surface area contributed by atoms with Gasteiger partial charge in [-0.15, -0.1) is 0 Å². The number of nitrogens with one attached hydrogen (secondary N) is 3. The van der Waals surface area contributed by atoms with Crippen LogP contribution in [0.2, 0.25) is 5.02 Å². The Labute approximate surface area is 201 Å². The highest BCUT2D eigenvalue weighted by Crippen LogP contribution is 2.33. The van der Waals surface area contributed by atoms with Crippen LogP contribution in [0, 0.1) is 5.92 Å². The van der Waals surface area contributed by atoms with Gasteiger partial charge in [-0.25, -0.2) is 9.97 Å². The molecule has 0 saturated heterocycles. The van der Waals surface area contributed by atoms with Crippen molar-refractivity contribution >= 4 is 40.7 Å². The first-order valence-electron chi connectivity index (χ1n) is 11.1. The smallest absolute Gasteiger partial charge is 0.277 e. The molecular weight excluding hydrogens is 456 g/mol. The summed E-state index contributed by atoms with van der Waals surface area (Å²) in [5.41, 5.74) is -0.601. The fourth-order valence-corrected chi connectivity index (χ4v) is 4.10. The van der Waals surface area contributed by atoms with E-state index in [0.717, 1.165) is 18.4 Å². The van der Waals surface area contributed by atoms with Crippen LogP contribution in [0.4, 0.5) is 17.3 Å². The monoisotopic (exact) mass is 480 g/mol. The van der Waals surface area contributed by atoms with Crippen LogP contribution in [0.5, 0.6) is 0 Å². The van der Waals surface area contributed by atoms with Crippen molar-refractivity contribution < 1.29 is 9.59 Å². The lowest BCUT2D eigenvalue weighted by Gasteiger charge is -2.28. The molecule has 1 aliphatic heterocycles. The number of benzene rings is 1. The number of pyridine rings is 1. The van der Waals surface area contributed by atoms with E-state index in [4.69, 9.17) is 11.6 Å². The van der Waals surface area contributed by atoms with E-state index in [1.54, 1.807) is 6.92 Å². The Hall–Kier alpha value is -3.72. The molecule has 3 aromatic rings. The first-order valence-corrected chi connectivity index (χ1v) is 11.5. The van der Waals surface area contributed by atoms with Gasteiger partial charge in [0.05, 0.1) is 5.02 Å². The summed E-state index contributed by atoms with van der Waals surface area (Å²) in [7, 11) is 0. The van der Waals surface area contributed by atoms with Crippen LogP contribution < -0.4 is 21.5 Å². The standard InChI is InChI=1S/C22H19ClN6O3.C2H6/c1-22(13-5-3-2-4-6-13)28-20(31)18-14(23)9-15(21(32)29(18)22)26-16-10-17(25-11-24-16)27-19(30)12-7-8-12;1-2/h2-6,9-12H,7-8H2,1H3,(H,28,31)(H2,24,25,26,27,30);1-2H3. The molecule has 0 spiro atoms. The van der Waals surface area contributed by atoms with E-state index in [9.17, 15) is 14.4 Å². The third-order valence-electron chi connectivity index (χ3n) is 5.64. The van der Waals surface area contributed by atoms with Gasteiger partial charge < -0.3 is 16.0 Å². The minimum absolute atomic E-state index is 0.0298. The molecule has 0 bridgehead atoms. The SMILES string of the molecule is CC.CC1(c2ccccc2)NC(=O)c2c(Cl)cc(Nc3cc(NC(=O)C4CC4)ncn3)c(=O)n21. The summed E-state index contributed by atoms with van der Waals surface area (Å²) in [5.74, 6) is 0.147. The number of carbonyl (C=O) groups is 2. The van der Waals surface area contributed by atoms with Crippen LogP contribution in [0.3, 0.4) is 0 Å². The van der Waals surface area contributed by atoms with Crippen molar-refractivity contribution in [1.82, 2.24) is 19.9 Å². The van der Waals surface area contributed by atoms with Gasteiger partial charge in [-0.3, -0.25) is 19.0 Å². The molecule has 176 valence electrons. The van der Waals surface area contributed by atoms with Crippen molar-refractivity contribution in [2.45, 2.75) is 39.3 Å². The van der Waals surface area contributed by atoms with Crippen molar-refractivity contribution in [3.63, 3.8) is 0 Å². The van der Waals surface area contributed by atoms with E-state index in [0.29, 0.717) is 11.6 Å². The summed E-state index contributed by atoms with van der Waals surface area (Å²) in [6.07, 6.45) is 3.04. The number of aromatic nitrogens is 3. The topological polar surface area (TPSA) is 118 Å². The largest absolute Gasteiger partial charge is 0.336 e. The fraction of sp³-hybridized carbons (Fsp3) is 0.292. The lowest BCUT2D eigenvalue weighted by atomic mass is 10.0. The van der Waals surface area contributed by atoms with E-state index < -0.39 is 17.1 Å². The number of nitrogens with zero attached hydrogens (tertiary/aromatic N) is 3. The van der Waals surface area contributed by atoms with Crippen LogP contribution in [-0.4, -0.2) is 26.3 Å². The van der Waals surface area contributed by atoms with E-state index in [1.807, 2.05) is 44.2 Å². The zero-order valence-corrected chi connectivity index (χ0v) is 19.8. The van der Waals surface area contributed by atoms with E-state index in [2.05, 4.69) is 25.9 Å². The van der Waals surface area contributed by atoms with Gasteiger partial charge in [0.1, 0.15) is 35.0 Å². The zero-order valence-electron chi connectivity index (χ0n) is 19.1. The third-order valence-corrected chi connectivity index (χ3v) is 5.93. The Balaban J connectivity index is 0.00000133. The van der Waals surface area contributed by atoms with Crippen molar-refractivity contribution in [2.24, 2.45) is 5.92 Å². The number of anilines is 3. The molecule has 34 heavy (non-hydrogen) atoms. The second-order valence-corrected chi connectivity index (χ2v) is 8.37. The highest BCUT2D eigenvalue weighted by molar-refractivity contribution is 6.34. The predicted octanol–water partition coefficient (Wildman–Crippen LogP) is 3.87. The Morgan fingerprint density at radius 1 is 1.12 bits per heavy atom. The molecule has 9 nitrogen and oxygen atoms in total. The van der Waals surface area contributed by atoms with Gasteiger partial charge in [-0.2, -0.15) is 0 Å². The second-order valence-electron chi connectivity index (χ2n) is 7.96. The Morgan fingerprint density at radius 2 is 1.79 bits per heavy atom. The highest BCUT2D eigenvalue weighted by Gasteiger charge is 2.43. The number of hydrogen-bond acceptors (Lipinski definition) is 6. The van der Waals surface area contributed by atoms with Crippen LogP contribution in [0.1, 0.15) is 49.7 Å². The molecule has 2 amide bonds. The molecule has 10 heteroatoms. The molecule has 1 saturated carbocycles. The minimum Gasteiger partial charge on any atom is -0.336 e. The van der Waals surface area contributed by atoms with Crippen molar-refractivity contribution in [1.29, 1.82) is 0 Å². The summed E-state index contributed by atoms with van der Waals surface area (Å²) in [6, 6.07) is 12.1. The maximum Gasteiger partial charge on any atom is 0.277 e. The fourth-order valence-electron chi connectivity index (χ4n) is 3.82. The molecule has 3 heterocycles. The van der Waals surface area contributed by atoms with Crippen molar-refractivity contribution in [2.75, 3.05) is 10.6 Å². The number of hydrogen-bond donors (Lipinski definition) is 3. The molecule has 5 rings (SSSR count). The van der Waals surface area contributed by atoms with Gasteiger partial charge in [-0.1, -0.05) is 55.8 Å². The Bertz CT molecular complexity index is 1310. The van der Waals surface area contributed by atoms with E-state index in [1.165, 1.54) is 23.0 Å². The average Bonchev–Trinajstić information content (AvgIpc) is 3.64. The third kappa shape index (κ3) is 4.26. The lowest BCUT2D eigenvalue weighted by molar-refractivity contribution is -0.117. The van der Waals surface area contributed by atoms with Gasteiger partial charge in [0.2, 0.25) is 5.91 Å². The average molecular weight is 481 g/mol. The van der Waals surface area contributed by atoms with Crippen molar-refractivity contribution in [3.8, 4) is 0 Å². The molecule has 1 fully saturated rings. The molecule has 1 unspecified atom stereocenters. The van der Waals surface area contributed by atoms with Crippen LogP contribution >= 0.6 is 11.6 Å². The summed E-state index contributed by atoms with van der Waals surface area (Å²) in [5, 5.41) is 8.69. The zero-order chi connectivity index (χ0) is 24.5. The van der Waals surface area contributed by atoms with E-state index in [-0.39, 0.29) is 28.2 Å². The number of carbonyl (C=O) groups excluding carboxylic acids is 2. The first-order chi connectivity index (χ1) is 16.4. The quantitative estimate of drug-likeness (QED) is 0.510. The number of fused-ring (bicyclic) bond motifs is 1. The van der Waals surface area contributed by atoms with Gasteiger partial charge in [-0.05, 0) is 31.4 Å². The molecule has 2 aromatic heterocycles. The molecule has 1 aliphatic carbocycles. The van der Waals surface area contributed by atoms with Gasteiger partial charge in [0.15, 0.2) is 0 Å².